The fourth-order valence-corrected chi connectivity index (χ4v) is 5.36. The maximum atomic E-state index is 12.9. The molecule has 4 rings (SSSR count). The van der Waals surface area contributed by atoms with Crippen molar-refractivity contribution in [3.8, 4) is 0 Å². The Bertz CT molecular complexity index is 1100. The molecule has 0 radical (unpaired) electrons. The van der Waals surface area contributed by atoms with E-state index in [0.29, 0.717) is 16.1 Å². The molecular formula is C26H28N2O3S. The van der Waals surface area contributed by atoms with E-state index in [0.717, 1.165) is 49.8 Å². The quantitative estimate of drug-likeness (QED) is 0.473. The molecule has 2 aromatic carbocycles. The van der Waals surface area contributed by atoms with E-state index in [9.17, 15) is 9.59 Å². The minimum Gasteiger partial charge on any atom is -0.465 e. The van der Waals surface area contributed by atoms with Crippen molar-refractivity contribution in [2.45, 2.75) is 44.9 Å². The average molecular weight is 449 g/mol. The van der Waals surface area contributed by atoms with E-state index in [2.05, 4.69) is 17.4 Å². The van der Waals surface area contributed by atoms with Gasteiger partial charge in [0.15, 0.2) is 0 Å². The molecule has 0 bridgehead atoms. The summed E-state index contributed by atoms with van der Waals surface area (Å²) in [6.07, 6.45) is 7.14. The highest BCUT2D eigenvalue weighted by Crippen LogP contribution is 2.36. The number of esters is 1. The van der Waals surface area contributed by atoms with Crippen LogP contribution in [-0.2, 0) is 30.4 Å². The first-order valence-electron chi connectivity index (χ1n) is 11.0. The van der Waals surface area contributed by atoms with Crippen LogP contribution in [0.3, 0.4) is 0 Å². The Kier molecular flexibility index (Phi) is 6.90. The zero-order chi connectivity index (χ0) is 22.5. The van der Waals surface area contributed by atoms with Crippen LogP contribution in [0.4, 0.5) is 10.7 Å². The molecule has 6 heteroatoms. The van der Waals surface area contributed by atoms with Crippen LogP contribution < -0.4 is 11.1 Å². The number of benzene rings is 2. The lowest BCUT2D eigenvalue weighted by molar-refractivity contribution is 0.0600. The summed E-state index contributed by atoms with van der Waals surface area (Å²) in [6.45, 7) is 0. The number of hydrogen-bond acceptors (Lipinski definition) is 5. The van der Waals surface area contributed by atoms with E-state index in [1.165, 1.54) is 29.5 Å². The van der Waals surface area contributed by atoms with Gasteiger partial charge in [0.05, 0.1) is 23.2 Å². The molecule has 0 unspecified atom stereocenters. The molecule has 1 aliphatic carbocycles. The van der Waals surface area contributed by atoms with Crippen molar-refractivity contribution in [2.24, 2.45) is 0 Å². The van der Waals surface area contributed by atoms with Crippen molar-refractivity contribution in [1.82, 2.24) is 0 Å². The number of ether oxygens (including phenoxy) is 1. The molecule has 0 atom stereocenters. The van der Waals surface area contributed by atoms with Gasteiger partial charge in [0, 0.05) is 10.6 Å². The van der Waals surface area contributed by atoms with Gasteiger partial charge >= 0.3 is 5.97 Å². The average Bonchev–Trinajstić information content (AvgIpc) is 3.16. The lowest BCUT2D eigenvalue weighted by Crippen LogP contribution is -2.16. The molecule has 0 fully saturated rings. The molecule has 0 aliphatic heterocycles. The highest BCUT2D eigenvalue weighted by molar-refractivity contribution is 7.16. The Morgan fingerprint density at radius 3 is 2.25 bits per heavy atom. The van der Waals surface area contributed by atoms with Gasteiger partial charge in [-0.05, 0) is 85.9 Å². The third-order valence-electron chi connectivity index (χ3n) is 5.94. The van der Waals surface area contributed by atoms with E-state index in [-0.39, 0.29) is 11.9 Å². The number of carbonyl (C=O) groups is 2. The van der Waals surface area contributed by atoms with Gasteiger partial charge in [0.1, 0.15) is 0 Å². The highest BCUT2D eigenvalue weighted by atomic mass is 32.1. The van der Waals surface area contributed by atoms with Gasteiger partial charge in [0.2, 0.25) is 0 Å². The van der Waals surface area contributed by atoms with Crippen LogP contribution in [-0.4, -0.2) is 19.0 Å². The van der Waals surface area contributed by atoms with Crippen molar-refractivity contribution in [3.05, 3.63) is 81.2 Å². The number of nitrogens with one attached hydrogen (secondary N) is 1. The summed E-state index contributed by atoms with van der Waals surface area (Å²) in [5, 5.41) is 3.64. The SMILES string of the molecule is COC(=O)c1ccc(CCCc2ccc(NC(=O)c3c(N)sc4c3CCCC4)cc2)cc1. The van der Waals surface area contributed by atoms with Crippen LogP contribution in [0.1, 0.15) is 61.5 Å². The number of amides is 1. The summed E-state index contributed by atoms with van der Waals surface area (Å²) in [5.41, 5.74) is 11.8. The number of fused-ring (bicyclic) bond motifs is 1. The largest absolute Gasteiger partial charge is 0.465 e. The van der Waals surface area contributed by atoms with Crippen molar-refractivity contribution >= 4 is 33.9 Å². The number of hydrogen-bond donors (Lipinski definition) is 2. The fourth-order valence-electron chi connectivity index (χ4n) is 4.21. The number of carbonyl (C=O) groups excluding carboxylic acids is 2. The lowest BCUT2D eigenvalue weighted by atomic mass is 9.95. The number of methoxy groups -OCH3 is 1. The maximum Gasteiger partial charge on any atom is 0.337 e. The van der Waals surface area contributed by atoms with Crippen molar-refractivity contribution in [1.29, 1.82) is 0 Å². The number of nitrogen functional groups attached to an aromatic ring is 1. The number of anilines is 2. The van der Waals surface area contributed by atoms with E-state index in [4.69, 9.17) is 10.5 Å². The minimum atomic E-state index is -0.315. The summed E-state index contributed by atoms with van der Waals surface area (Å²) in [7, 11) is 1.39. The second-order valence-corrected chi connectivity index (χ2v) is 9.28. The summed E-state index contributed by atoms with van der Waals surface area (Å²) < 4.78 is 4.73. The predicted octanol–water partition coefficient (Wildman–Crippen LogP) is 5.42. The standard InChI is InChI=1S/C26H28N2O3S/c1-31-26(30)19-13-9-17(10-14-19)5-4-6-18-11-15-20(16-12-18)28-25(29)23-21-7-2-3-8-22(21)32-24(23)27/h9-16H,2-8,27H2,1H3,(H,28,29). The second kappa shape index (κ2) is 10.0. The zero-order valence-corrected chi connectivity index (χ0v) is 19.1. The molecule has 32 heavy (non-hydrogen) atoms. The molecule has 5 nitrogen and oxygen atoms in total. The Hall–Kier alpha value is -3.12. The molecule has 166 valence electrons. The van der Waals surface area contributed by atoms with Crippen LogP contribution in [0.25, 0.3) is 0 Å². The zero-order valence-electron chi connectivity index (χ0n) is 18.3. The monoisotopic (exact) mass is 448 g/mol. The van der Waals surface area contributed by atoms with Gasteiger partial charge in [0.25, 0.3) is 5.91 Å². The smallest absolute Gasteiger partial charge is 0.337 e. The van der Waals surface area contributed by atoms with Gasteiger partial charge < -0.3 is 15.8 Å². The first kappa shape index (κ1) is 22.1. The number of thiophene rings is 1. The van der Waals surface area contributed by atoms with Gasteiger partial charge in [-0.25, -0.2) is 4.79 Å². The molecule has 0 saturated carbocycles. The van der Waals surface area contributed by atoms with Gasteiger partial charge in [-0.2, -0.15) is 0 Å². The Morgan fingerprint density at radius 2 is 1.59 bits per heavy atom. The Labute approximate surface area is 192 Å². The van der Waals surface area contributed by atoms with Crippen molar-refractivity contribution < 1.29 is 14.3 Å². The van der Waals surface area contributed by atoms with Crippen LogP contribution in [0.5, 0.6) is 0 Å². The van der Waals surface area contributed by atoms with E-state index < -0.39 is 0 Å². The van der Waals surface area contributed by atoms with E-state index in [1.807, 2.05) is 24.3 Å². The molecule has 1 aliphatic rings. The Morgan fingerprint density at radius 1 is 0.969 bits per heavy atom. The molecule has 3 aromatic rings. The molecular weight excluding hydrogens is 420 g/mol. The second-order valence-electron chi connectivity index (χ2n) is 8.14. The Balaban J connectivity index is 1.30. The molecule has 1 heterocycles. The molecule has 0 saturated heterocycles. The van der Waals surface area contributed by atoms with Gasteiger partial charge in [-0.15, -0.1) is 11.3 Å². The number of nitrogens with two attached hydrogens (primary N) is 1. The van der Waals surface area contributed by atoms with Gasteiger partial charge in [-0.3, -0.25) is 4.79 Å². The molecule has 1 aromatic heterocycles. The normalized spacial score (nSPS) is 12.8. The third kappa shape index (κ3) is 5.02. The fraction of sp³-hybridized carbons (Fsp3) is 0.308. The topological polar surface area (TPSA) is 81.4 Å². The lowest BCUT2D eigenvalue weighted by Gasteiger charge is -2.13. The summed E-state index contributed by atoms with van der Waals surface area (Å²) in [4.78, 5) is 25.6. The minimum absolute atomic E-state index is 0.106. The third-order valence-corrected chi connectivity index (χ3v) is 7.06. The predicted molar refractivity (Wildman–Crippen MR) is 130 cm³/mol. The maximum absolute atomic E-state index is 12.9. The first-order chi connectivity index (χ1) is 15.5. The molecule has 1 amide bonds. The van der Waals surface area contributed by atoms with Crippen molar-refractivity contribution in [3.63, 3.8) is 0 Å². The molecule has 0 spiro atoms. The van der Waals surface area contributed by atoms with Crippen LogP contribution in [0, 0.1) is 0 Å². The van der Waals surface area contributed by atoms with Gasteiger partial charge in [-0.1, -0.05) is 24.3 Å². The van der Waals surface area contributed by atoms with Crippen LogP contribution >= 0.6 is 11.3 Å². The summed E-state index contributed by atoms with van der Waals surface area (Å²) in [5.74, 6) is -0.421. The number of rotatable bonds is 7. The highest BCUT2D eigenvalue weighted by Gasteiger charge is 2.24. The molecule has 3 N–H and O–H groups in total. The van der Waals surface area contributed by atoms with E-state index in [1.54, 1.807) is 23.5 Å². The summed E-state index contributed by atoms with van der Waals surface area (Å²) in [6, 6.07) is 15.6. The van der Waals surface area contributed by atoms with Crippen LogP contribution in [0.2, 0.25) is 0 Å². The number of aryl methyl sites for hydroxylation is 3. The van der Waals surface area contributed by atoms with Crippen molar-refractivity contribution in [2.75, 3.05) is 18.2 Å². The first-order valence-corrected chi connectivity index (χ1v) is 11.8. The van der Waals surface area contributed by atoms with Crippen LogP contribution in [0.15, 0.2) is 48.5 Å². The summed E-state index contributed by atoms with van der Waals surface area (Å²) >= 11 is 1.56. The van der Waals surface area contributed by atoms with E-state index >= 15 is 0 Å².